The molecule has 2 rings (SSSR count). The zero-order valence-corrected chi connectivity index (χ0v) is 10.6. The molecular weight excluding hydrogens is 236 g/mol. The highest BCUT2D eigenvalue weighted by molar-refractivity contribution is 5.92. The van der Waals surface area contributed by atoms with Crippen LogP contribution < -0.4 is 5.32 Å². The molecule has 0 aliphatic carbocycles. The van der Waals surface area contributed by atoms with E-state index >= 15 is 0 Å². The van der Waals surface area contributed by atoms with E-state index in [2.05, 4.69) is 10.3 Å². The molecule has 19 heavy (non-hydrogen) atoms. The van der Waals surface area contributed by atoms with Gasteiger partial charge in [-0.1, -0.05) is 48.6 Å². The van der Waals surface area contributed by atoms with E-state index in [0.717, 1.165) is 6.42 Å². The second-order valence-corrected chi connectivity index (χ2v) is 4.07. The molecule has 0 aliphatic rings. The second-order valence-electron chi connectivity index (χ2n) is 4.07. The Kier molecular flexibility index (Phi) is 4.87. The van der Waals surface area contributed by atoms with E-state index in [1.54, 1.807) is 24.4 Å². The highest BCUT2D eigenvalue weighted by Crippen LogP contribution is 2.01. The molecule has 0 atom stereocenters. The van der Waals surface area contributed by atoms with E-state index in [4.69, 9.17) is 0 Å². The number of pyridine rings is 1. The molecule has 0 saturated carbocycles. The van der Waals surface area contributed by atoms with Crippen molar-refractivity contribution in [1.29, 1.82) is 0 Å². The maximum Gasteiger partial charge on any atom is 0.269 e. The Morgan fingerprint density at radius 1 is 1.11 bits per heavy atom. The van der Waals surface area contributed by atoms with Gasteiger partial charge in [-0.3, -0.25) is 9.78 Å². The molecular formula is C16H16N2O. The molecule has 0 unspecified atom stereocenters. The fourth-order valence-corrected chi connectivity index (χ4v) is 1.64. The van der Waals surface area contributed by atoms with Crippen molar-refractivity contribution in [2.75, 3.05) is 6.54 Å². The smallest absolute Gasteiger partial charge is 0.269 e. The summed E-state index contributed by atoms with van der Waals surface area (Å²) in [5.41, 5.74) is 1.62. The van der Waals surface area contributed by atoms with Crippen molar-refractivity contribution in [2.45, 2.75) is 6.42 Å². The van der Waals surface area contributed by atoms with Crippen LogP contribution in [0.4, 0.5) is 0 Å². The van der Waals surface area contributed by atoms with Gasteiger partial charge < -0.3 is 5.32 Å². The fourth-order valence-electron chi connectivity index (χ4n) is 1.64. The Bertz CT molecular complexity index is 535. The monoisotopic (exact) mass is 252 g/mol. The number of benzene rings is 1. The molecule has 1 amide bonds. The average Bonchev–Trinajstić information content (AvgIpc) is 2.49. The maximum atomic E-state index is 11.7. The first-order valence-corrected chi connectivity index (χ1v) is 6.27. The first-order valence-electron chi connectivity index (χ1n) is 6.27. The molecule has 0 fully saturated rings. The van der Waals surface area contributed by atoms with Gasteiger partial charge in [-0.05, 0) is 24.1 Å². The molecule has 3 nitrogen and oxygen atoms in total. The molecule has 1 heterocycles. The van der Waals surface area contributed by atoms with Crippen molar-refractivity contribution in [1.82, 2.24) is 10.3 Å². The number of nitrogens with zero attached hydrogens (tertiary/aromatic N) is 1. The largest absolute Gasteiger partial charge is 0.350 e. The van der Waals surface area contributed by atoms with E-state index in [9.17, 15) is 4.79 Å². The van der Waals surface area contributed by atoms with Gasteiger partial charge in [0.2, 0.25) is 0 Å². The SMILES string of the molecule is O=C(NCC/C=C/c1ccccc1)c1ccccn1. The predicted molar refractivity (Wildman–Crippen MR) is 76.7 cm³/mol. The second kappa shape index (κ2) is 7.11. The predicted octanol–water partition coefficient (Wildman–Crippen LogP) is 2.91. The highest BCUT2D eigenvalue weighted by Gasteiger charge is 2.03. The number of hydrogen-bond acceptors (Lipinski definition) is 2. The summed E-state index contributed by atoms with van der Waals surface area (Å²) in [5, 5.41) is 2.83. The topological polar surface area (TPSA) is 42.0 Å². The molecule has 1 aromatic heterocycles. The van der Waals surface area contributed by atoms with Crippen molar-refractivity contribution in [3.8, 4) is 0 Å². The van der Waals surface area contributed by atoms with E-state index < -0.39 is 0 Å². The third-order valence-electron chi connectivity index (χ3n) is 2.60. The lowest BCUT2D eigenvalue weighted by Gasteiger charge is -2.01. The summed E-state index contributed by atoms with van der Waals surface area (Å²) in [6.45, 7) is 0.610. The number of aromatic nitrogens is 1. The number of hydrogen-bond donors (Lipinski definition) is 1. The highest BCUT2D eigenvalue weighted by atomic mass is 16.1. The quantitative estimate of drug-likeness (QED) is 0.831. The Balaban J connectivity index is 1.73. The van der Waals surface area contributed by atoms with Gasteiger partial charge in [0.05, 0.1) is 0 Å². The van der Waals surface area contributed by atoms with Crippen LogP contribution in [0.3, 0.4) is 0 Å². The van der Waals surface area contributed by atoms with Gasteiger partial charge in [0.1, 0.15) is 5.69 Å². The Hall–Kier alpha value is -2.42. The van der Waals surface area contributed by atoms with Crippen LogP contribution in [0.1, 0.15) is 22.5 Å². The van der Waals surface area contributed by atoms with Gasteiger partial charge in [-0.2, -0.15) is 0 Å². The molecule has 0 aliphatic heterocycles. The van der Waals surface area contributed by atoms with E-state index in [0.29, 0.717) is 12.2 Å². The van der Waals surface area contributed by atoms with E-state index in [1.807, 2.05) is 42.5 Å². The van der Waals surface area contributed by atoms with Gasteiger partial charge in [0.15, 0.2) is 0 Å². The lowest BCUT2D eigenvalue weighted by molar-refractivity contribution is 0.0949. The summed E-state index contributed by atoms with van der Waals surface area (Å²) in [5.74, 6) is -0.131. The third-order valence-corrected chi connectivity index (χ3v) is 2.60. The standard InChI is InChI=1S/C16H16N2O/c19-16(15-11-5-7-12-17-15)18-13-6-4-10-14-8-2-1-3-9-14/h1-5,7-12H,6,13H2,(H,18,19)/b10-4+. The maximum absolute atomic E-state index is 11.7. The molecule has 0 spiro atoms. The van der Waals surface area contributed by atoms with Crippen molar-refractivity contribution < 1.29 is 4.79 Å². The molecule has 3 heteroatoms. The normalized spacial score (nSPS) is 10.5. The third kappa shape index (κ3) is 4.39. The molecule has 0 radical (unpaired) electrons. The Morgan fingerprint density at radius 2 is 1.89 bits per heavy atom. The number of carbonyl (C=O) groups excluding carboxylic acids is 1. The van der Waals surface area contributed by atoms with Crippen molar-refractivity contribution in [3.05, 3.63) is 72.1 Å². The summed E-state index contributed by atoms with van der Waals surface area (Å²) in [6, 6.07) is 15.4. The number of nitrogens with one attached hydrogen (secondary N) is 1. The number of rotatable bonds is 5. The van der Waals surface area contributed by atoms with Crippen molar-refractivity contribution >= 4 is 12.0 Å². The summed E-state index contributed by atoms with van der Waals surface area (Å²) >= 11 is 0. The summed E-state index contributed by atoms with van der Waals surface area (Å²) in [7, 11) is 0. The molecule has 1 N–H and O–H groups in total. The van der Waals surface area contributed by atoms with Crippen molar-refractivity contribution in [3.63, 3.8) is 0 Å². The summed E-state index contributed by atoms with van der Waals surface area (Å²) < 4.78 is 0. The Labute approximate surface area is 113 Å². The Morgan fingerprint density at radius 3 is 2.63 bits per heavy atom. The van der Waals surface area contributed by atoms with Crippen LogP contribution in [0.15, 0.2) is 60.8 Å². The number of carbonyl (C=O) groups is 1. The fraction of sp³-hybridized carbons (Fsp3) is 0.125. The van der Waals surface area contributed by atoms with Crippen LogP contribution >= 0.6 is 0 Å². The van der Waals surface area contributed by atoms with Crippen LogP contribution in [0, 0.1) is 0 Å². The van der Waals surface area contributed by atoms with Crippen LogP contribution in [0.2, 0.25) is 0 Å². The molecule has 96 valence electrons. The zero-order chi connectivity index (χ0) is 13.3. The molecule has 0 saturated heterocycles. The lowest BCUT2D eigenvalue weighted by atomic mass is 10.2. The van der Waals surface area contributed by atoms with Gasteiger partial charge in [-0.15, -0.1) is 0 Å². The van der Waals surface area contributed by atoms with Gasteiger partial charge in [0.25, 0.3) is 5.91 Å². The van der Waals surface area contributed by atoms with Gasteiger partial charge in [-0.25, -0.2) is 0 Å². The van der Waals surface area contributed by atoms with E-state index in [1.165, 1.54) is 5.56 Å². The van der Waals surface area contributed by atoms with Crippen LogP contribution in [0.5, 0.6) is 0 Å². The van der Waals surface area contributed by atoms with Crippen molar-refractivity contribution in [2.24, 2.45) is 0 Å². The van der Waals surface area contributed by atoms with Crippen LogP contribution in [-0.4, -0.2) is 17.4 Å². The molecule has 2 aromatic rings. The lowest BCUT2D eigenvalue weighted by Crippen LogP contribution is -2.24. The van der Waals surface area contributed by atoms with Gasteiger partial charge in [0, 0.05) is 12.7 Å². The first-order chi connectivity index (χ1) is 9.36. The minimum atomic E-state index is -0.131. The minimum absolute atomic E-state index is 0.131. The summed E-state index contributed by atoms with van der Waals surface area (Å²) in [6.07, 6.45) is 6.51. The average molecular weight is 252 g/mol. The first kappa shape index (κ1) is 13.0. The zero-order valence-electron chi connectivity index (χ0n) is 10.6. The number of amides is 1. The van der Waals surface area contributed by atoms with Crippen LogP contribution in [-0.2, 0) is 0 Å². The van der Waals surface area contributed by atoms with Crippen LogP contribution in [0.25, 0.3) is 6.08 Å². The molecule has 0 bridgehead atoms. The minimum Gasteiger partial charge on any atom is -0.350 e. The summed E-state index contributed by atoms with van der Waals surface area (Å²) in [4.78, 5) is 15.7. The van der Waals surface area contributed by atoms with E-state index in [-0.39, 0.29) is 5.91 Å². The van der Waals surface area contributed by atoms with Gasteiger partial charge >= 0.3 is 0 Å². The molecule has 1 aromatic carbocycles.